The lowest BCUT2D eigenvalue weighted by Gasteiger charge is -2.31. The molecule has 0 amide bonds. The van der Waals surface area contributed by atoms with Crippen molar-refractivity contribution in [1.82, 2.24) is 15.2 Å². The zero-order chi connectivity index (χ0) is 17.7. The highest BCUT2D eigenvalue weighted by molar-refractivity contribution is 7.11. The maximum atomic E-state index is 5.62. The smallest absolute Gasteiger partial charge is 0.193 e. The van der Waals surface area contributed by atoms with Gasteiger partial charge in [-0.2, -0.15) is 0 Å². The Morgan fingerprint density at radius 2 is 2.08 bits per heavy atom. The molecule has 1 aliphatic rings. The number of fused-ring (bicyclic) bond motifs is 1. The Morgan fingerprint density at radius 1 is 1.38 bits per heavy atom. The molecule has 0 aliphatic heterocycles. The van der Waals surface area contributed by atoms with Crippen LogP contribution in [0.2, 0.25) is 0 Å². The number of aromatic nitrogens is 1. The molecule has 0 saturated heterocycles. The van der Waals surface area contributed by atoms with E-state index < -0.39 is 0 Å². The highest BCUT2D eigenvalue weighted by Crippen LogP contribution is 2.27. The van der Waals surface area contributed by atoms with Gasteiger partial charge in [-0.15, -0.1) is 11.3 Å². The first-order valence-corrected chi connectivity index (χ1v) is 9.58. The van der Waals surface area contributed by atoms with Crippen LogP contribution in [0, 0.1) is 5.41 Å². The van der Waals surface area contributed by atoms with E-state index in [0.717, 1.165) is 25.5 Å². The second-order valence-corrected chi connectivity index (χ2v) is 8.73. The predicted octanol–water partition coefficient (Wildman–Crippen LogP) is 3.09. The van der Waals surface area contributed by atoms with Crippen molar-refractivity contribution in [3.63, 3.8) is 0 Å². The lowest BCUT2D eigenvalue weighted by atomic mass is 9.89. The molecule has 0 radical (unpaired) electrons. The number of hydrogen-bond donors (Lipinski definition) is 1. The SMILES string of the molecule is CN=C(NCC(OC)C(C)(C)C)N(C)Cc1nc2c(s1)CCCC2. The largest absolute Gasteiger partial charge is 0.379 e. The van der Waals surface area contributed by atoms with Crippen molar-refractivity contribution in [2.45, 2.75) is 59.1 Å². The van der Waals surface area contributed by atoms with E-state index in [1.165, 1.54) is 34.8 Å². The molecule has 1 aromatic heterocycles. The average Bonchev–Trinajstić information content (AvgIpc) is 2.92. The molecule has 1 aromatic rings. The fourth-order valence-corrected chi connectivity index (χ4v) is 4.27. The van der Waals surface area contributed by atoms with Gasteiger partial charge in [-0.1, -0.05) is 20.8 Å². The van der Waals surface area contributed by atoms with Crippen molar-refractivity contribution >= 4 is 17.3 Å². The number of aryl methyl sites for hydroxylation is 2. The first kappa shape index (κ1) is 19.2. The van der Waals surface area contributed by atoms with Gasteiger partial charge in [0.25, 0.3) is 0 Å². The molecule has 136 valence electrons. The number of aliphatic imine (C=N–C) groups is 1. The van der Waals surface area contributed by atoms with E-state index in [1.807, 2.05) is 18.4 Å². The zero-order valence-electron chi connectivity index (χ0n) is 16.0. The van der Waals surface area contributed by atoms with Gasteiger partial charge in [0.05, 0.1) is 18.3 Å². The van der Waals surface area contributed by atoms with Crippen LogP contribution in [-0.2, 0) is 24.1 Å². The molecule has 1 heterocycles. The maximum absolute atomic E-state index is 5.62. The first-order chi connectivity index (χ1) is 11.3. The maximum Gasteiger partial charge on any atom is 0.193 e. The third-order valence-corrected chi connectivity index (χ3v) is 5.67. The highest BCUT2D eigenvalue weighted by atomic mass is 32.1. The topological polar surface area (TPSA) is 49.8 Å². The summed E-state index contributed by atoms with van der Waals surface area (Å²) in [5, 5.41) is 4.62. The molecule has 1 aliphatic carbocycles. The van der Waals surface area contributed by atoms with Gasteiger partial charge in [-0.05, 0) is 31.1 Å². The normalized spacial score (nSPS) is 16.7. The molecule has 0 saturated carbocycles. The zero-order valence-corrected chi connectivity index (χ0v) is 16.8. The quantitative estimate of drug-likeness (QED) is 0.653. The van der Waals surface area contributed by atoms with Crippen LogP contribution in [0.15, 0.2) is 4.99 Å². The summed E-state index contributed by atoms with van der Waals surface area (Å²) >= 11 is 1.86. The summed E-state index contributed by atoms with van der Waals surface area (Å²) < 4.78 is 5.62. The van der Waals surface area contributed by atoms with Crippen LogP contribution in [0.25, 0.3) is 0 Å². The Bertz CT molecular complexity index is 538. The van der Waals surface area contributed by atoms with E-state index in [-0.39, 0.29) is 11.5 Å². The van der Waals surface area contributed by atoms with E-state index >= 15 is 0 Å². The van der Waals surface area contributed by atoms with Crippen molar-refractivity contribution in [3.05, 3.63) is 15.6 Å². The van der Waals surface area contributed by atoms with Crippen molar-refractivity contribution in [3.8, 4) is 0 Å². The summed E-state index contributed by atoms with van der Waals surface area (Å²) in [6, 6.07) is 0. The van der Waals surface area contributed by atoms with Gasteiger partial charge < -0.3 is 15.0 Å². The predicted molar refractivity (Wildman–Crippen MR) is 102 cm³/mol. The van der Waals surface area contributed by atoms with Gasteiger partial charge >= 0.3 is 0 Å². The van der Waals surface area contributed by atoms with Gasteiger partial charge in [0.2, 0.25) is 0 Å². The van der Waals surface area contributed by atoms with Crippen LogP contribution in [0.4, 0.5) is 0 Å². The van der Waals surface area contributed by atoms with E-state index in [0.29, 0.717) is 0 Å². The Balaban J connectivity index is 1.94. The van der Waals surface area contributed by atoms with Crippen LogP contribution in [0.1, 0.15) is 49.2 Å². The van der Waals surface area contributed by atoms with Gasteiger partial charge in [-0.25, -0.2) is 4.98 Å². The molecule has 5 nitrogen and oxygen atoms in total. The van der Waals surface area contributed by atoms with Crippen LogP contribution in [-0.4, -0.2) is 49.7 Å². The second-order valence-electron chi connectivity index (χ2n) is 7.56. The standard InChI is InChI=1S/C18H32N4OS/c1-18(2,3)15(23-6)11-20-17(19-4)22(5)12-16-21-13-9-7-8-10-14(13)24-16/h15H,7-12H2,1-6H3,(H,19,20). The summed E-state index contributed by atoms with van der Waals surface area (Å²) in [7, 11) is 5.66. The van der Waals surface area contributed by atoms with Gasteiger partial charge in [-0.3, -0.25) is 4.99 Å². The van der Waals surface area contributed by atoms with Crippen LogP contribution >= 0.6 is 11.3 Å². The minimum Gasteiger partial charge on any atom is -0.379 e. The highest BCUT2D eigenvalue weighted by Gasteiger charge is 2.25. The van der Waals surface area contributed by atoms with Crippen LogP contribution < -0.4 is 5.32 Å². The number of ether oxygens (including phenoxy) is 1. The van der Waals surface area contributed by atoms with E-state index in [1.54, 1.807) is 7.11 Å². The number of nitrogens with zero attached hydrogens (tertiary/aromatic N) is 3. The van der Waals surface area contributed by atoms with Crippen molar-refractivity contribution in [2.24, 2.45) is 10.4 Å². The number of methoxy groups -OCH3 is 1. The molecule has 1 atom stereocenters. The Kier molecular flexibility index (Phi) is 6.63. The summed E-state index contributed by atoms with van der Waals surface area (Å²) in [6.07, 6.45) is 5.06. The van der Waals surface area contributed by atoms with E-state index in [2.05, 4.69) is 43.0 Å². The third kappa shape index (κ3) is 4.93. The van der Waals surface area contributed by atoms with Gasteiger partial charge in [0.1, 0.15) is 5.01 Å². The Labute approximate surface area is 150 Å². The number of hydrogen-bond acceptors (Lipinski definition) is 4. The fourth-order valence-electron chi connectivity index (χ4n) is 3.06. The molecule has 0 aromatic carbocycles. The molecule has 0 bridgehead atoms. The Morgan fingerprint density at radius 3 is 2.67 bits per heavy atom. The monoisotopic (exact) mass is 352 g/mol. The van der Waals surface area contributed by atoms with Crippen LogP contribution in [0.5, 0.6) is 0 Å². The second kappa shape index (κ2) is 8.30. The van der Waals surface area contributed by atoms with Crippen molar-refractivity contribution in [1.29, 1.82) is 0 Å². The number of guanidine groups is 1. The van der Waals surface area contributed by atoms with Crippen molar-refractivity contribution in [2.75, 3.05) is 27.7 Å². The number of rotatable bonds is 5. The molecular formula is C18H32N4OS. The molecule has 24 heavy (non-hydrogen) atoms. The summed E-state index contributed by atoms with van der Waals surface area (Å²) in [5.41, 5.74) is 1.41. The molecule has 0 fully saturated rings. The van der Waals surface area contributed by atoms with Crippen LogP contribution in [0.3, 0.4) is 0 Å². The third-order valence-electron chi connectivity index (χ3n) is 4.53. The van der Waals surface area contributed by atoms with Crippen molar-refractivity contribution < 1.29 is 4.74 Å². The number of thiazole rings is 1. The molecular weight excluding hydrogens is 320 g/mol. The molecule has 1 N–H and O–H groups in total. The fraction of sp³-hybridized carbons (Fsp3) is 0.778. The molecule has 6 heteroatoms. The van der Waals surface area contributed by atoms with Gasteiger partial charge in [0, 0.05) is 32.6 Å². The Hall–Kier alpha value is -1.14. The van der Waals surface area contributed by atoms with Gasteiger partial charge in [0.15, 0.2) is 5.96 Å². The molecule has 2 rings (SSSR count). The average molecular weight is 353 g/mol. The lowest BCUT2D eigenvalue weighted by Crippen LogP contribution is -2.45. The summed E-state index contributed by atoms with van der Waals surface area (Å²) in [4.78, 5) is 12.9. The summed E-state index contributed by atoms with van der Waals surface area (Å²) in [5.74, 6) is 0.884. The first-order valence-electron chi connectivity index (χ1n) is 8.77. The van der Waals surface area contributed by atoms with E-state index in [4.69, 9.17) is 9.72 Å². The van der Waals surface area contributed by atoms with E-state index in [9.17, 15) is 0 Å². The molecule has 0 spiro atoms. The number of nitrogens with one attached hydrogen (secondary N) is 1. The summed E-state index contributed by atoms with van der Waals surface area (Å²) in [6.45, 7) is 8.11. The molecule has 1 unspecified atom stereocenters. The minimum absolute atomic E-state index is 0.0908. The lowest BCUT2D eigenvalue weighted by molar-refractivity contribution is 0.0202. The minimum atomic E-state index is 0.0908.